The van der Waals surface area contributed by atoms with E-state index in [-0.39, 0.29) is 0 Å². The summed E-state index contributed by atoms with van der Waals surface area (Å²) in [5.74, 6) is 0.303. The lowest BCUT2D eigenvalue weighted by atomic mass is 10.1. The number of rotatable bonds is 1. The normalized spacial score (nSPS) is 10.0. The Hall–Kier alpha value is -1.35. The summed E-state index contributed by atoms with van der Waals surface area (Å²) in [4.78, 5) is 0. The van der Waals surface area contributed by atoms with Crippen molar-refractivity contribution >= 4 is 11.5 Å². The van der Waals surface area contributed by atoms with Crippen LogP contribution in [-0.2, 0) is 0 Å². The van der Waals surface area contributed by atoms with Crippen LogP contribution in [0.3, 0.4) is 0 Å². The molecule has 0 bridgehead atoms. The first-order chi connectivity index (χ1) is 5.88. The number of benzene rings is 1. The molecule has 0 fully saturated rings. The summed E-state index contributed by atoms with van der Waals surface area (Å²) < 4.78 is 3.97. The molecule has 0 saturated carbocycles. The van der Waals surface area contributed by atoms with E-state index in [9.17, 15) is 5.11 Å². The topological polar surface area (TPSA) is 33.1 Å². The lowest BCUT2D eigenvalue weighted by Crippen LogP contribution is -1.73. The van der Waals surface area contributed by atoms with Crippen LogP contribution >= 0.6 is 11.5 Å². The molecule has 3 heteroatoms. The van der Waals surface area contributed by atoms with Crippen molar-refractivity contribution in [2.45, 2.75) is 0 Å². The van der Waals surface area contributed by atoms with E-state index in [2.05, 4.69) is 4.37 Å². The van der Waals surface area contributed by atoms with Gasteiger partial charge in [0.25, 0.3) is 0 Å². The molecule has 0 atom stereocenters. The summed E-state index contributed by atoms with van der Waals surface area (Å²) in [6, 6.07) is 7.25. The van der Waals surface area contributed by atoms with E-state index in [0.29, 0.717) is 5.75 Å². The molecule has 0 amide bonds. The molecule has 1 N–H and O–H groups in total. The average Bonchev–Trinajstić information content (AvgIpc) is 2.57. The first-order valence-corrected chi connectivity index (χ1v) is 4.39. The maximum atomic E-state index is 9.46. The molecule has 2 rings (SSSR count). The lowest BCUT2D eigenvalue weighted by Gasteiger charge is -1.98. The minimum Gasteiger partial charge on any atom is -0.507 e. The van der Waals surface area contributed by atoms with Gasteiger partial charge in [-0.1, -0.05) is 18.2 Å². The number of hydrogen-bond acceptors (Lipinski definition) is 3. The molecular formula is C9H7NOS. The van der Waals surface area contributed by atoms with Crippen molar-refractivity contribution in [3.63, 3.8) is 0 Å². The van der Waals surface area contributed by atoms with Gasteiger partial charge in [-0.25, -0.2) is 4.37 Å². The summed E-state index contributed by atoms with van der Waals surface area (Å²) in [6.45, 7) is 0. The van der Waals surface area contributed by atoms with Gasteiger partial charge < -0.3 is 5.11 Å². The molecule has 1 aromatic carbocycles. The number of hydrogen-bond donors (Lipinski definition) is 1. The molecule has 0 radical (unpaired) electrons. The molecule has 2 aromatic rings. The van der Waals surface area contributed by atoms with Crippen LogP contribution in [0.5, 0.6) is 5.75 Å². The van der Waals surface area contributed by atoms with Gasteiger partial charge in [0.05, 0.1) is 0 Å². The van der Waals surface area contributed by atoms with Crippen LogP contribution in [0.1, 0.15) is 0 Å². The van der Waals surface area contributed by atoms with Gasteiger partial charge in [-0.15, -0.1) is 0 Å². The molecule has 2 nitrogen and oxygen atoms in total. The number of aromatic hydroxyl groups is 1. The van der Waals surface area contributed by atoms with Crippen LogP contribution in [0.2, 0.25) is 0 Å². The highest BCUT2D eigenvalue weighted by Gasteiger charge is 2.02. The Labute approximate surface area is 74.3 Å². The summed E-state index contributed by atoms with van der Waals surface area (Å²) >= 11 is 1.38. The molecule has 1 aromatic heterocycles. The van der Waals surface area contributed by atoms with E-state index >= 15 is 0 Å². The number of phenolic OH excluding ortho intramolecular Hbond substituents is 1. The van der Waals surface area contributed by atoms with Gasteiger partial charge in [-0.3, -0.25) is 0 Å². The molecule has 0 aliphatic heterocycles. The van der Waals surface area contributed by atoms with Crippen LogP contribution in [0.4, 0.5) is 0 Å². The quantitative estimate of drug-likeness (QED) is 0.726. The van der Waals surface area contributed by atoms with E-state index in [4.69, 9.17) is 0 Å². The highest BCUT2D eigenvalue weighted by Crippen LogP contribution is 2.28. The Morgan fingerprint density at radius 2 is 2.08 bits per heavy atom. The second kappa shape index (κ2) is 2.95. The lowest BCUT2D eigenvalue weighted by molar-refractivity contribution is 0.477. The minimum atomic E-state index is 0.303. The first kappa shape index (κ1) is 7.31. The van der Waals surface area contributed by atoms with Crippen molar-refractivity contribution in [2.24, 2.45) is 0 Å². The predicted molar refractivity (Wildman–Crippen MR) is 49.2 cm³/mol. The van der Waals surface area contributed by atoms with E-state index in [0.717, 1.165) is 11.1 Å². The third kappa shape index (κ3) is 1.19. The van der Waals surface area contributed by atoms with Gasteiger partial charge in [-0.2, -0.15) is 0 Å². The monoisotopic (exact) mass is 177 g/mol. The van der Waals surface area contributed by atoms with E-state index in [1.54, 1.807) is 18.3 Å². The van der Waals surface area contributed by atoms with Crippen LogP contribution < -0.4 is 0 Å². The summed E-state index contributed by atoms with van der Waals surface area (Å²) in [7, 11) is 0. The molecule has 0 unspecified atom stereocenters. The zero-order valence-electron chi connectivity index (χ0n) is 6.27. The zero-order chi connectivity index (χ0) is 8.39. The molecular weight excluding hydrogens is 170 g/mol. The summed E-state index contributed by atoms with van der Waals surface area (Å²) in [6.07, 6.45) is 1.75. The van der Waals surface area contributed by atoms with Crippen molar-refractivity contribution in [3.8, 4) is 16.9 Å². The van der Waals surface area contributed by atoms with Crippen LogP contribution in [0, 0.1) is 0 Å². The second-order valence-corrected chi connectivity index (χ2v) is 3.09. The molecule has 0 saturated heterocycles. The maximum Gasteiger partial charge on any atom is 0.123 e. The SMILES string of the molecule is Oc1ccccc1-c1cnsc1. The third-order valence-electron chi connectivity index (χ3n) is 1.65. The Bertz CT molecular complexity index is 370. The number of nitrogens with zero attached hydrogens (tertiary/aromatic N) is 1. The molecule has 1 heterocycles. The van der Waals surface area contributed by atoms with E-state index < -0.39 is 0 Å². The molecule has 0 aliphatic rings. The highest BCUT2D eigenvalue weighted by molar-refractivity contribution is 7.03. The zero-order valence-corrected chi connectivity index (χ0v) is 7.08. The van der Waals surface area contributed by atoms with Crippen molar-refractivity contribution in [1.82, 2.24) is 4.37 Å². The Morgan fingerprint density at radius 1 is 1.25 bits per heavy atom. The van der Waals surface area contributed by atoms with Crippen molar-refractivity contribution in [1.29, 1.82) is 0 Å². The van der Waals surface area contributed by atoms with Crippen molar-refractivity contribution in [3.05, 3.63) is 35.8 Å². The Kier molecular flexibility index (Phi) is 1.80. The Balaban J connectivity index is 2.55. The largest absolute Gasteiger partial charge is 0.507 e. The standard InChI is InChI=1S/C9H7NOS/c11-9-4-2-1-3-8(9)7-5-10-12-6-7/h1-6,11H. The highest BCUT2D eigenvalue weighted by atomic mass is 32.1. The van der Waals surface area contributed by atoms with Gasteiger partial charge in [0.1, 0.15) is 5.75 Å². The van der Waals surface area contributed by atoms with Gasteiger partial charge in [0.2, 0.25) is 0 Å². The summed E-state index contributed by atoms with van der Waals surface area (Å²) in [5, 5.41) is 11.4. The minimum absolute atomic E-state index is 0.303. The molecule has 12 heavy (non-hydrogen) atoms. The van der Waals surface area contributed by atoms with Crippen molar-refractivity contribution < 1.29 is 5.11 Å². The Morgan fingerprint density at radius 3 is 2.75 bits per heavy atom. The third-order valence-corrected chi connectivity index (χ3v) is 2.23. The fourth-order valence-electron chi connectivity index (χ4n) is 1.06. The smallest absolute Gasteiger partial charge is 0.123 e. The first-order valence-electron chi connectivity index (χ1n) is 3.55. The second-order valence-electron chi connectivity index (χ2n) is 2.43. The van der Waals surface area contributed by atoms with Gasteiger partial charge in [0.15, 0.2) is 0 Å². The predicted octanol–water partition coefficient (Wildman–Crippen LogP) is 2.52. The molecule has 0 aliphatic carbocycles. The van der Waals surface area contributed by atoms with Gasteiger partial charge >= 0.3 is 0 Å². The molecule has 60 valence electrons. The van der Waals surface area contributed by atoms with Gasteiger partial charge in [0, 0.05) is 22.7 Å². The molecule has 0 spiro atoms. The van der Waals surface area contributed by atoms with E-state index in [1.165, 1.54) is 11.5 Å². The van der Waals surface area contributed by atoms with E-state index in [1.807, 2.05) is 17.5 Å². The van der Waals surface area contributed by atoms with Crippen LogP contribution in [-0.4, -0.2) is 9.48 Å². The maximum absolute atomic E-state index is 9.46. The van der Waals surface area contributed by atoms with Gasteiger partial charge in [-0.05, 0) is 17.6 Å². The van der Waals surface area contributed by atoms with Crippen molar-refractivity contribution in [2.75, 3.05) is 0 Å². The fraction of sp³-hybridized carbons (Fsp3) is 0. The van der Waals surface area contributed by atoms with Crippen LogP contribution in [0.25, 0.3) is 11.1 Å². The fourth-order valence-corrected chi connectivity index (χ4v) is 1.59. The number of aromatic nitrogens is 1. The van der Waals surface area contributed by atoms with Crippen LogP contribution in [0.15, 0.2) is 35.8 Å². The number of para-hydroxylation sites is 1. The average molecular weight is 177 g/mol. The summed E-state index contributed by atoms with van der Waals surface area (Å²) in [5.41, 5.74) is 1.81. The number of phenols is 1.